The number of hydrogen-bond acceptors (Lipinski definition) is 5. The van der Waals surface area contributed by atoms with Gasteiger partial charge >= 0.3 is 65.1 Å². The van der Waals surface area contributed by atoms with E-state index < -0.39 is 22.5 Å². The molecule has 6 nitrogen and oxygen atoms in total. The molecule has 1 unspecified atom stereocenters. The molecule has 0 rings (SSSR count). The zero-order chi connectivity index (χ0) is 11.7. The molecule has 1 atom stereocenters. The van der Waals surface area contributed by atoms with Crippen LogP contribution in [-0.4, -0.2) is 27.6 Å². The first kappa shape index (κ1) is 25.6. The zero-order valence-electron chi connectivity index (χ0n) is 9.35. The Kier molecular flexibility index (Phi) is 25.4. The Hall–Kier alpha value is 0.850. The molecule has 0 spiro atoms. The fourth-order valence-electron chi connectivity index (χ4n) is 0.481. The topological polar surface area (TPSA) is 109 Å². The predicted octanol–water partition coefficient (Wildman–Crippen LogP) is -6.27. The summed E-state index contributed by atoms with van der Waals surface area (Å²) in [7, 11) is 0. The third kappa shape index (κ3) is 24.2. The second kappa shape index (κ2) is 15.9. The SMILES string of the molecule is CCC(NC(=O)[S-])C(=O)O.NC(=O)[S-].[Na+].[Na+]. The molecule has 0 aliphatic carbocycles. The van der Waals surface area contributed by atoms with Gasteiger partial charge in [0, 0.05) is 0 Å². The Morgan fingerprint density at radius 2 is 1.62 bits per heavy atom. The van der Waals surface area contributed by atoms with Gasteiger partial charge in [0.15, 0.2) is 0 Å². The monoisotopic (exact) mass is 284 g/mol. The predicted molar refractivity (Wildman–Crippen MR) is 54.6 cm³/mol. The van der Waals surface area contributed by atoms with Gasteiger partial charge in [0.1, 0.15) is 6.04 Å². The quantitative estimate of drug-likeness (QED) is 0.351. The van der Waals surface area contributed by atoms with Crippen LogP contribution in [0.4, 0.5) is 9.59 Å². The van der Waals surface area contributed by atoms with Crippen molar-refractivity contribution >= 4 is 41.7 Å². The van der Waals surface area contributed by atoms with Crippen molar-refractivity contribution in [1.29, 1.82) is 0 Å². The van der Waals surface area contributed by atoms with E-state index in [0.717, 1.165) is 0 Å². The van der Waals surface area contributed by atoms with Crippen LogP contribution in [0.3, 0.4) is 0 Å². The first-order valence-corrected chi connectivity index (χ1v) is 4.29. The van der Waals surface area contributed by atoms with Gasteiger partial charge in [-0.1, -0.05) is 6.92 Å². The van der Waals surface area contributed by atoms with Crippen molar-refractivity contribution in [2.45, 2.75) is 19.4 Å². The molecular weight excluding hydrogens is 274 g/mol. The number of carbonyl (C=O) groups excluding carboxylic acids is 2. The minimum absolute atomic E-state index is 0. The van der Waals surface area contributed by atoms with Crippen LogP contribution in [0.15, 0.2) is 0 Å². The van der Waals surface area contributed by atoms with Gasteiger partial charge in [-0.15, -0.1) is 0 Å². The smallest absolute Gasteiger partial charge is 0.719 e. The summed E-state index contributed by atoms with van der Waals surface area (Å²) < 4.78 is 0. The van der Waals surface area contributed by atoms with Crippen molar-refractivity contribution in [2.75, 3.05) is 0 Å². The number of carboxylic acids is 1. The molecule has 2 amide bonds. The van der Waals surface area contributed by atoms with Crippen LogP contribution >= 0.6 is 0 Å². The minimum atomic E-state index is -1.05. The van der Waals surface area contributed by atoms with Crippen LogP contribution in [0.25, 0.3) is 0 Å². The van der Waals surface area contributed by atoms with Crippen molar-refractivity contribution in [3.05, 3.63) is 0 Å². The maximum Gasteiger partial charge on any atom is 1.00 e. The molecule has 0 aromatic heterocycles. The normalized spacial score (nSPS) is 9.06. The van der Waals surface area contributed by atoms with Crippen LogP contribution in [0.1, 0.15) is 13.3 Å². The molecule has 0 bridgehead atoms. The average molecular weight is 284 g/mol. The Balaban J connectivity index is -0.000000105. The molecule has 16 heavy (non-hydrogen) atoms. The van der Waals surface area contributed by atoms with Gasteiger partial charge in [0.2, 0.25) is 0 Å². The molecular formula is C6H10N2Na2O4S2. The number of aliphatic carboxylic acids is 1. The second-order valence-corrected chi connectivity index (χ2v) is 2.82. The first-order valence-electron chi connectivity index (χ1n) is 3.48. The Morgan fingerprint density at radius 1 is 1.31 bits per heavy atom. The summed E-state index contributed by atoms with van der Waals surface area (Å²) in [6.07, 6.45) is 0.345. The summed E-state index contributed by atoms with van der Waals surface area (Å²) in [5, 5.41) is 8.99. The number of rotatable bonds is 3. The minimum Gasteiger partial charge on any atom is -0.719 e. The number of hydrogen-bond donors (Lipinski definition) is 3. The summed E-state index contributed by atoms with van der Waals surface area (Å²) >= 11 is 7.89. The molecule has 0 aromatic rings. The van der Waals surface area contributed by atoms with Gasteiger partial charge in [-0.3, -0.25) is 0 Å². The van der Waals surface area contributed by atoms with Crippen LogP contribution in [0.2, 0.25) is 0 Å². The molecule has 0 saturated carbocycles. The van der Waals surface area contributed by atoms with E-state index in [1.807, 2.05) is 0 Å². The number of amides is 2. The maximum atomic E-state index is 10.2. The van der Waals surface area contributed by atoms with Crippen molar-refractivity contribution in [2.24, 2.45) is 5.73 Å². The van der Waals surface area contributed by atoms with E-state index in [4.69, 9.17) is 9.90 Å². The van der Waals surface area contributed by atoms with Gasteiger partial charge in [0.25, 0.3) is 0 Å². The summed E-state index contributed by atoms with van der Waals surface area (Å²) in [5.74, 6) is -1.05. The number of nitrogens with one attached hydrogen (secondary N) is 1. The largest absolute Gasteiger partial charge is 1.00 e. The summed E-state index contributed by atoms with van der Waals surface area (Å²) in [5.41, 5.74) is 4.29. The number of carbonyl (C=O) groups is 3. The molecule has 0 aliphatic heterocycles. The molecule has 0 radical (unpaired) electrons. The fourth-order valence-corrected chi connectivity index (χ4v) is 0.623. The second-order valence-electron chi connectivity index (χ2n) is 2.05. The van der Waals surface area contributed by atoms with E-state index in [-0.39, 0.29) is 59.1 Å². The molecule has 0 heterocycles. The maximum absolute atomic E-state index is 10.2. The third-order valence-electron chi connectivity index (χ3n) is 0.998. The third-order valence-corrected chi connectivity index (χ3v) is 1.12. The van der Waals surface area contributed by atoms with Crippen molar-refractivity contribution in [3.63, 3.8) is 0 Å². The summed E-state index contributed by atoms with van der Waals surface area (Å²) in [4.78, 5) is 29.4. The molecule has 0 fully saturated rings. The van der Waals surface area contributed by atoms with E-state index in [1.165, 1.54) is 0 Å². The fraction of sp³-hybridized carbons (Fsp3) is 0.500. The van der Waals surface area contributed by atoms with E-state index >= 15 is 0 Å². The molecule has 0 saturated heterocycles. The molecule has 0 aromatic carbocycles. The standard InChI is InChI=1S/C5H9NO3S.CH3NOS.2Na/c1-2-3(4(7)8)6-5(9)10;2-1(3)4;;/h3H,2H2,1H3,(H,7,8)(H2,6,9,10);(H3,2,3,4);;/q;;2*+1/p-2. The first-order chi connectivity index (χ1) is 6.31. The Bertz CT molecular complexity index is 227. The van der Waals surface area contributed by atoms with E-state index in [1.54, 1.807) is 6.92 Å². The van der Waals surface area contributed by atoms with Crippen LogP contribution < -0.4 is 70.2 Å². The van der Waals surface area contributed by atoms with Gasteiger partial charge in [-0.05, 0) is 6.42 Å². The van der Waals surface area contributed by atoms with Crippen molar-refractivity contribution in [1.82, 2.24) is 5.32 Å². The van der Waals surface area contributed by atoms with E-state index in [0.29, 0.717) is 6.42 Å². The Morgan fingerprint density at radius 3 is 1.69 bits per heavy atom. The number of carboxylic acid groups (broad SMARTS) is 1. The van der Waals surface area contributed by atoms with Gasteiger partial charge < -0.3 is 51.0 Å². The van der Waals surface area contributed by atoms with E-state index in [2.05, 4.69) is 36.3 Å². The van der Waals surface area contributed by atoms with Gasteiger partial charge in [-0.2, -0.15) is 0 Å². The molecule has 10 heteroatoms. The summed E-state index contributed by atoms with van der Waals surface area (Å²) in [6, 6.07) is -0.843. The summed E-state index contributed by atoms with van der Waals surface area (Å²) in [6.45, 7) is 1.66. The van der Waals surface area contributed by atoms with Gasteiger partial charge in [-0.25, -0.2) is 4.79 Å². The van der Waals surface area contributed by atoms with Crippen molar-refractivity contribution < 1.29 is 78.6 Å². The van der Waals surface area contributed by atoms with Crippen LogP contribution in [0.5, 0.6) is 0 Å². The van der Waals surface area contributed by atoms with E-state index in [9.17, 15) is 9.59 Å². The number of primary amides is 1. The number of nitrogens with two attached hydrogens (primary N) is 1. The molecule has 0 aliphatic rings. The van der Waals surface area contributed by atoms with Gasteiger partial charge in [0.05, 0.1) is 10.5 Å². The average Bonchev–Trinajstić information content (AvgIpc) is 1.98. The van der Waals surface area contributed by atoms with Crippen LogP contribution in [-0.2, 0) is 30.1 Å². The zero-order valence-corrected chi connectivity index (χ0v) is 15.0. The molecule has 4 N–H and O–H groups in total. The van der Waals surface area contributed by atoms with Crippen molar-refractivity contribution in [3.8, 4) is 0 Å². The molecule has 82 valence electrons. The van der Waals surface area contributed by atoms with Crippen LogP contribution in [0, 0.1) is 0 Å². The Labute approximate surface area is 149 Å².